The predicted molar refractivity (Wildman–Crippen MR) is 256 cm³/mol. The van der Waals surface area contributed by atoms with E-state index in [1.165, 1.54) is 0 Å². The molecule has 0 heteroatoms. The quantitative estimate of drug-likeness (QED) is 0.300. The van der Waals surface area contributed by atoms with Crippen molar-refractivity contribution in [3.05, 3.63) is 0 Å². The summed E-state index contributed by atoms with van der Waals surface area (Å²) in [5, 5.41) is 0. The summed E-state index contributed by atoms with van der Waals surface area (Å²) in [6.45, 7) is 15.0. The van der Waals surface area contributed by atoms with Crippen molar-refractivity contribution in [2.45, 2.75) is 55.4 Å². The second-order valence-corrected chi connectivity index (χ2v) is 6.08. The van der Waals surface area contributed by atoms with Crippen molar-refractivity contribution < 1.29 is 0 Å². The lowest BCUT2D eigenvalue weighted by Gasteiger charge is -1.56. The Bertz CT molecular complexity index is 2510. The maximum Gasteiger partial charge on any atom is -0.0000000000000000272 e. The van der Waals surface area contributed by atoms with Gasteiger partial charge in [0.25, 0.3) is 0 Å². The summed E-state index contributed by atoms with van der Waals surface area (Å²) < 4.78 is 0. The van der Waals surface area contributed by atoms with Gasteiger partial charge in [0.15, 0.2) is 0 Å². The Labute approximate surface area is 365 Å². The Morgan fingerprint density at radius 1 is 0.167 bits per heavy atom. The van der Waals surface area contributed by atoms with Crippen LogP contribution in [0.1, 0.15) is 55.4 Å². The SMILES string of the molecule is C#C.C#C.C#CC#CC#CC#CC#CC#CC#CC#CC#C.C#CC#CC#CC#CC#CC#CC#CC#CC#C.CC.CC.CC#CC#CC#CC.CC#CC#CC#CC. The van der Waals surface area contributed by atoms with Crippen molar-refractivity contribution in [3.63, 3.8) is 0 Å². The lowest BCUT2D eigenvalue weighted by molar-refractivity contribution is 1.50. The highest BCUT2D eigenvalue weighted by atomic mass is 13.6. The highest BCUT2D eigenvalue weighted by Crippen LogP contribution is 1.59. The lowest BCUT2D eigenvalue weighted by Crippen LogP contribution is -1.55. The Morgan fingerprint density at radius 2 is 0.250 bits per heavy atom. The van der Waals surface area contributed by atoms with E-state index in [9.17, 15) is 0 Å². The van der Waals surface area contributed by atoms with E-state index in [1.807, 2.05) is 27.7 Å². The molecule has 0 atom stereocenters. The Balaban J connectivity index is -0.0000000995. The van der Waals surface area contributed by atoms with Crippen LogP contribution in [0.15, 0.2) is 0 Å². The number of terminal acetylenes is 6. The monoisotopic (exact) mass is 752 g/mol. The van der Waals surface area contributed by atoms with Gasteiger partial charge in [0.05, 0.1) is 0 Å². The molecule has 0 aromatic rings. The Morgan fingerprint density at radius 3 is 0.333 bits per heavy atom. The average Bonchev–Trinajstić information content (AvgIpc) is 3.30. The van der Waals surface area contributed by atoms with Gasteiger partial charge < -0.3 is 0 Å². The molecule has 0 radical (unpaired) electrons. The first-order chi connectivity index (χ1) is 29.7. The second kappa shape index (κ2) is 97.3. The highest BCUT2D eigenvalue weighted by molar-refractivity contribution is 5.48. The van der Waals surface area contributed by atoms with E-state index >= 15 is 0 Å². The first kappa shape index (κ1) is 66.8. The molecule has 0 nitrogen and oxygen atoms in total. The number of rotatable bonds is 0. The lowest BCUT2D eigenvalue weighted by atomic mass is 10.5. The van der Waals surface area contributed by atoms with Crippen molar-refractivity contribution in [1.29, 1.82) is 0 Å². The second-order valence-electron chi connectivity index (χ2n) is 6.08. The molecule has 0 fully saturated rings. The van der Waals surface area contributed by atoms with Gasteiger partial charge in [-0.1, -0.05) is 51.4 Å². The molecule has 0 saturated heterocycles. The fourth-order valence-corrected chi connectivity index (χ4v) is 1.27. The third-order valence-electron chi connectivity index (χ3n) is 2.79. The summed E-state index contributed by atoms with van der Waals surface area (Å²) in [5.41, 5.74) is 0. The smallest absolute Gasteiger partial charge is 0.0000000000000000272 e. The van der Waals surface area contributed by atoms with Gasteiger partial charge in [-0.2, -0.15) is 0 Å². The summed E-state index contributed by atoms with van der Waals surface area (Å²) in [6, 6.07) is 0. The molecular weight excluding hydrogens is 721 g/mol. The normalized spacial score (nSPS) is 3.47. The average molecular weight is 753 g/mol. The van der Waals surface area contributed by atoms with Crippen molar-refractivity contribution in [3.8, 4) is 312 Å². The van der Waals surface area contributed by atoms with Gasteiger partial charge in [0, 0.05) is 0 Å². The van der Waals surface area contributed by atoms with Gasteiger partial charge in [0.1, 0.15) is 0 Å². The molecule has 0 spiro atoms. The van der Waals surface area contributed by atoms with Crippen LogP contribution in [0.2, 0.25) is 0 Å². The molecule has 0 N–H and O–H groups in total. The predicted octanol–water partition coefficient (Wildman–Crippen LogP) is 5.18. The summed E-state index contributed by atoms with van der Waals surface area (Å²) in [7, 11) is 0. The molecule has 0 aliphatic carbocycles. The summed E-state index contributed by atoms with van der Waals surface area (Å²) in [4.78, 5) is 0. The fraction of sp³-hybridized carbons (Fsp3) is 0.133. The van der Waals surface area contributed by atoms with E-state index in [0.717, 1.165) is 0 Å². The van der Waals surface area contributed by atoms with Gasteiger partial charge in [0.2, 0.25) is 0 Å². The van der Waals surface area contributed by atoms with Gasteiger partial charge in [-0.05, 0) is 265 Å². The summed E-state index contributed by atoms with van der Waals surface area (Å²) >= 11 is 0. The summed E-state index contributed by atoms with van der Waals surface area (Å²) in [6.07, 6.45) is 35.5. The molecule has 0 saturated carbocycles. The fourth-order valence-electron chi connectivity index (χ4n) is 1.27. The number of hydrogen-bond donors (Lipinski definition) is 0. The zero-order valence-corrected chi connectivity index (χ0v) is 34.6. The minimum atomic E-state index is 1.74. The van der Waals surface area contributed by atoms with Crippen LogP contribution in [0.25, 0.3) is 0 Å². The zero-order chi connectivity index (χ0) is 47.1. The third-order valence-corrected chi connectivity index (χ3v) is 2.79. The van der Waals surface area contributed by atoms with Gasteiger partial charge in [-0.3, -0.25) is 0 Å². The van der Waals surface area contributed by atoms with Crippen LogP contribution in [0.5, 0.6) is 0 Å². The molecule has 272 valence electrons. The maximum absolute atomic E-state index is 4.88. The van der Waals surface area contributed by atoms with E-state index in [-0.39, 0.29) is 0 Å². The van der Waals surface area contributed by atoms with Gasteiger partial charge in [-0.25, -0.2) is 0 Å². The van der Waals surface area contributed by atoms with Crippen LogP contribution in [0.3, 0.4) is 0 Å². The van der Waals surface area contributed by atoms with Gasteiger partial charge >= 0.3 is 0 Å². The van der Waals surface area contributed by atoms with Crippen LogP contribution in [-0.2, 0) is 0 Å². The Kier molecular flexibility index (Phi) is 108. The molecule has 0 amide bonds. The van der Waals surface area contributed by atoms with Crippen LogP contribution in [-0.4, -0.2) is 0 Å². The molecular formula is C60H32. The maximum atomic E-state index is 4.88. The summed E-state index contributed by atoms with van der Waals surface area (Å²) in [5.74, 6) is 107. The van der Waals surface area contributed by atoms with E-state index in [1.54, 1.807) is 27.7 Å². The Hall–Kier alpha value is -11.4. The first-order valence-corrected chi connectivity index (χ1v) is 15.8. The van der Waals surface area contributed by atoms with Crippen LogP contribution < -0.4 is 0 Å². The van der Waals surface area contributed by atoms with Crippen LogP contribution in [0.4, 0.5) is 0 Å². The van der Waals surface area contributed by atoms with Crippen LogP contribution >= 0.6 is 0 Å². The molecule has 60 heavy (non-hydrogen) atoms. The van der Waals surface area contributed by atoms with Crippen molar-refractivity contribution in [1.82, 2.24) is 0 Å². The molecule has 0 aromatic heterocycles. The van der Waals surface area contributed by atoms with E-state index in [2.05, 4.69) is 286 Å². The molecule has 0 heterocycles. The highest BCUT2D eigenvalue weighted by Gasteiger charge is 1.59. The standard InChI is InChI=1S/2C18H2.2C8H6.2C2H6.2C2H2/c2*1-3-5-7-9-11-13-15-17-18-16-14-12-10-8-6-4-2;2*1-3-5-7-8-6-4-2;4*1-2/h2*1-2H;2*1-2H3;2*1-2H3;2*1-2H. The topological polar surface area (TPSA) is 0 Å². The molecule has 0 bridgehead atoms. The third kappa shape index (κ3) is 118. The molecule has 0 rings (SSSR count). The van der Waals surface area contributed by atoms with Crippen molar-refractivity contribution in [2.75, 3.05) is 0 Å². The number of hydrogen-bond acceptors (Lipinski definition) is 0. The molecule has 0 aliphatic heterocycles. The van der Waals surface area contributed by atoms with Crippen LogP contribution in [0, 0.1) is 312 Å². The van der Waals surface area contributed by atoms with Gasteiger partial charge in [-0.15, -0.1) is 51.4 Å². The largest absolute Gasteiger partial charge is 0.124 e. The molecule has 0 aliphatic rings. The minimum absolute atomic E-state index is 1.74. The minimum Gasteiger partial charge on any atom is -0.124 e. The molecule has 0 aromatic carbocycles. The van der Waals surface area contributed by atoms with Crippen molar-refractivity contribution >= 4 is 0 Å². The van der Waals surface area contributed by atoms with Crippen molar-refractivity contribution in [2.24, 2.45) is 0 Å². The first-order valence-electron chi connectivity index (χ1n) is 15.8. The molecule has 0 unspecified atom stereocenters. The van der Waals surface area contributed by atoms with E-state index < -0.39 is 0 Å². The zero-order valence-electron chi connectivity index (χ0n) is 34.6. The van der Waals surface area contributed by atoms with E-state index in [4.69, 9.17) is 25.7 Å². The van der Waals surface area contributed by atoms with E-state index in [0.29, 0.717) is 0 Å².